The van der Waals surface area contributed by atoms with Crippen molar-refractivity contribution in [1.29, 1.82) is 0 Å². The van der Waals surface area contributed by atoms with E-state index in [9.17, 15) is 0 Å². The van der Waals surface area contributed by atoms with Crippen LogP contribution in [0.2, 0.25) is 0 Å². The first kappa shape index (κ1) is 17.8. The van der Waals surface area contributed by atoms with E-state index in [1.54, 1.807) is 0 Å². The molecule has 3 rings (SSSR count). The Bertz CT molecular complexity index is 832. The van der Waals surface area contributed by atoms with Crippen molar-refractivity contribution in [2.45, 2.75) is 13.5 Å². The fourth-order valence-electron chi connectivity index (χ4n) is 2.46. The smallest absolute Gasteiger partial charge is 0.142 e. The normalized spacial score (nSPS) is 10.7. The van der Waals surface area contributed by atoms with Crippen molar-refractivity contribution in [2.24, 2.45) is 0 Å². The van der Waals surface area contributed by atoms with E-state index in [2.05, 4.69) is 10.2 Å². The maximum Gasteiger partial charge on any atom is 0.142 e. The number of H-pyrrole nitrogens is 1. The predicted octanol–water partition coefficient (Wildman–Crippen LogP) is 3.65. The summed E-state index contributed by atoms with van der Waals surface area (Å²) < 4.78 is 16.7. The summed E-state index contributed by atoms with van der Waals surface area (Å²) in [5.41, 5.74) is 9.17. The van der Waals surface area contributed by atoms with Gasteiger partial charge in [-0.05, 0) is 37.3 Å². The van der Waals surface area contributed by atoms with Crippen molar-refractivity contribution >= 4 is 5.69 Å². The van der Waals surface area contributed by atoms with Gasteiger partial charge in [0.1, 0.15) is 24.7 Å². The highest BCUT2D eigenvalue weighted by Gasteiger charge is 2.07. The van der Waals surface area contributed by atoms with Gasteiger partial charge >= 0.3 is 0 Å². The molecule has 1 heterocycles. The van der Waals surface area contributed by atoms with Gasteiger partial charge < -0.3 is 19.9 Å². The van der Waals surface area contributed by atoms with Crippen molar-refractivity contribution < 1.29 is 14.2 Å². The van der Waals surface area contributed by atoms with Gasteiger partial charge in [0.2, 0.25) is 0 Å². The van der Waals surface area contributed by atoms with E-state index < -0.39 is 0 Å². The first-order chi connectivity index (χ1) is 12.8. The lowest BCUT2D eigenvalue weighted by Gasteiger charge is -2.07. The zero-order valence-electron chi connectivity index (χ0n) is 14.8. The average Bonchev–Trinajstić information content (AvgIpc) is 3.14. The Hall–Kier alpha value is -2.99. The van der Waals surface area contributed by atoms with E-state index in [1.165, 1.54) is 0 Å². The van der Waals surface area contributed by atoms with Crippen LogP contribution in [0.25, 0.3) is 11.3 Å². The van der Waals surface area contributed by atoms with Gasteiger partial charge in [-0.2, -0.15) is 5.10 Å². The van der Waals surface area contributed by atoms with Gasteiger partial charge in [-0.3, -0.25) is 5.10 Å². The van der Waals surface area contributed by atoms with Gasteiger partial charge in [0, 0.05) is 12.2 Å². The summed E-state index contributed by atoms with van der Waals surface area (Å²) in [6.45, 7) is 4.12. The van der Waals surface area contributed by atoms with Gasteiger partial charge in [0.05, 0.1) is 23.7 Å². The van der Waals surface area contributed by atoms with E-state index >= 15 is 0 Å². The molecule has 0 unspecified atom stereocenters. The second kappa shape index (κ2) is 8.92. The second-order valence-corrected chi connectivity index (χ2v) is 5.68. The van der Waals surface area contributed by atoms with Gasteiger partial charge in [-0.1, -0.05) is 24.3 Å². The van der Waals surface area contributed by atoms with Gasteiger partial charge in [0.25, 0.3) is 0 Å². The van der Waals surface area contributed by atoms with Crippen LogP contribution in [0.5, 0.6) is 11.5 Å². The van der Waals surface area contributed by atoms with E-state index in [4.69, 9.17) is 19.9 Å². The van der Waals surface area contributed by atoms with Crippen LogP contribution in [0.3, 0.4) is 0 Å². The molecule has 3 N–H and O–H groups in total. The standard InChI is InChI=1S/C20H23N3O3/c1-2-24-10-11-25-17-7-5-6-15(12-17)19-13-16(22-23-19)14-26-20-9-4-3-8-18(20)21/h3-9,12-13H,2,10-11,14,21H2,1H3,(H,22,23). The molecule has 26 heavy (non-hydrogen) atoms. The minimum absolute atomic E-state index is 0.367. The molecule has 0 aliphatic carbocycles. The fraction of sp³-hybridized carbons (Fsp3) is 0.250. The Morgan fingerprint density at radius 3 is 2.73 bits per heavy atom. The third-order valence-electron chi connectivity index (χ3n) is 3.76. The number of ether oxygens (including phenoxy) is 3. The number of para-hydroxylation sites is 2. The molecule has 0 radical (unpaired) electrons. The molecule has 1 aromatic heterocycles. The third-order valence-corrected chi connectivity index (χ3v) is 3.76. The van der Waals surface area contributed by atoms with Crippen LogP contribution >= 0.6 is 0 Å². The highest BCUT2D eigenvalue weighted by atomic mass is 16.5. The molecule has 0 fully saturated rings. The number of aromatic nitrogens is 2. The van der Waals surface area contributed by atoms with Gasteiger partial charge in [-0.25, -0.2) is 0 Å². The highest BCUT2D eigenvalue weighted by Crippen LogP contribution is 2.24. The lowest BCUT2D eigenvalue weighted by atomic mass is 10.1. The molecule has 0 aliphatic rings. The fourth-order valence-corrected chi connectivity index (χ4v) is 2.46. The molecule has 3 aromatic rings. The summed E-state index contributed by atoms with van der Waals surface area (Å²) in [6.07, 6.45) is 0. The van der Waals surface area contributed by atoms with Crippen LogP contribution in [0.1, 0.15) is 12.6 Å². The zero-order valence-corrected chi connectivity index (χ0v) is 14.8. The molecule has 6 nitrogen and oxygen atoms in total. The number of nitrogens with two attached hydrogens (primary N) is 1. The van der Waals surface area contributed by atoms with Crippen molar-refractivity contribution in [2.75, 3.05) is 25.6 Å². The second-order valence-electron chi connectivity index (χ2n) is 5.68. The van der Waals surface area contributed by atoms with Gasteiger partial charge in [-0.15, -0.1) is 0 Å². The maximum atomic E-state index is 5.88. The Kier molecular flexibility index (Phi) is 6.11. The number of hydrogen-bond acceptors (Lipinski definition) is 5. The summed E-state index contributed by atoms with van der Waals surface area (Å²) in [5, 5.41) is 7.35. The van der Waals surface area contributed by atoms with Crippen LogP contribution in [0.4, 0.5) is 5.69 Å². The molecule has 0 spiro atoms. The van der Waals surface area contributed by atoms with Crippen molar-refractivity contribution in [3.63, 3.8) is 0 Å². The predicted molar refractivity (Wildman–Crippen MR) is 101 cm³/mol. The lowest BCUT2D eigenvalue weighted by Crippen LogP contribution is -2.06. The Labute approximate surface area is 152 Å². The quantitative estimate of drug-likeness (QED) is 0.453. The third kappa shape index (κ3) is 4.77. The summed E-state index contributed by atoms with van der Waals surface area (Å²) in [6, 6.07) is 17.2. The van der Waals surface area contributed by atoms with E-state index in [0.29, 0.717) is 37.9 Å². The minimum atomic E-state index is 0.367. The lowest BCUT2D eigenvalue weighted by molar-refractivity contribution is 0.110. The number of rotatable bonds is 9. The average molecular weight is 353 g/mol. The SMILES string of the molecule is CCOCCOc1cccc(-c2cc(COc3ccccc3N)[nH]n2)c1. The summed E-state index contributed by atoms with van der Waals surface area (Å²) >= 11 is 0. The highest BCUT2D eigenvalue weighted by molar-refractivity contribution is 5.61. The molecule has 2 aromatic carbocycles. The zero-order chi connectivity index (χ0) is 18.2. The van der Waals surface area contributed by atoms with Crippen LogP contribution in [-0.4, -0.2) is 30.0 Å². The minimum Gasteiger partial charge on any atom is -0.491 e. The number of anilines is 1. The summed E-state index contributed by atoms with van der Waals surface area (Å²) in [4.78, 5) is 0. The molecule has 6 heteroatoms. The van der Waals surface area contributed by atoms with Crippen LogP contribution in [0.15, 0.2) is 54.6 Å². The maximum absolute atomic E-state index is 5.88. The number of nitrogen functional groups attached to an aromatic ring is 1. The van der Waals surface area contributed by atoms with Crippen molar-refractivity contribution in [3.8, 4) is 22.8 Å². The molecule has 0 bridgehead atoms. The number of nitrogens with one attached hydrogen (secondary N) is 1. The number of nitrogens with zero attached hydrogens (tertiary/aromatic N) is 1. The largest absolute Gasteiger partial charge is 0.491 e. The molecule has 136 valence electrons. The number of benzene rings is 2. The molecule has 0 aliphatic heterocycles. The van der Waals surface area contributed by atoms with Crippen LogP contribution in [0, 0.1) is 0 Å². The molecule has 0 saturated carbocycles. The number of hydrogen-bond donors (Lipinski definition) is 2. The van der Waals surface area contributed by atoms with Gasteiger partial charge in [0.15, 0.2) is 0 Å². The molecule has 0 atom stereocenters. The van der Waals surface area contributed by atoms with Crippen LogP contribution in [-0.2, 0) is 11.3 Å². The first-order valence-corrected chi connectivity index (χ1v) is 8.59. The number of aromatic amines is 1. The Morgan fingerprint density at radius 2 is 1.88 bits per heavy atom. The molecular weight excluding hydrogens is 330 g/mol. The van der Waals surface area contributed by atoms with Crippen molar-refractivity contribution in [1.82, 2.24) is 10.2 Å². The molecular formula is C20H23N3O3. The Morgan fingerprint density at radius 1 is 1.00 bits per heavy atom. The first-order valence-electron chi connectivity index (χ1n) is 8.59. The van der Waals surface area contributed by atoms with Crippen molar-refractivity contribution in [3.05, 3.63) is 60.3 Å². The molecule has 0 amide bonds. The topological polar surface area (TPSA) is 82.4 Å². The van der Waals surface area contributed by atoms with E-state index in [-0.39, 0.29) is 0 Å². The van der Waals surface area contributed by atoms with Crippen LogP contribution < -0.4 is 15.2 Å². The molecule has 0 saturated heterocycles. The monoisotopic (exact) mass is 353 g/mol. The summed E-state index contributed by atoms with van der Waals surface area (Å²) in [7, 11) is 0. The Balaban J connectivity index is 1.61. The summed E-state index contributed by atoms with van der Waals surface area (Å²) in [5.74, 6) is 1.45. The van der Waals surface area contributed by atoms with E-state index in [0.717, 1.165) is 22.7 Å². The van der Waals surface area contributed by atoms with E-state index in [1.807, 2.05) is 61.5 Å².